The molecule has 2 rings (SSSR count). The molecule has 2 aliphatic heterocycles. The quantitative estimate of drug-likeness (QED) is 0.708. The Morgan fingerprint density at radius 1 is 1.47 bits per heavy atom. The van der Waals surface area contributed by atoms with Crippen molar-refractivity contribution in [3.63, 3.8) is 0 Å². The molecule has 5 heteroatoms. The van der Waals surface area contributed by atoms with Crippen molar-refractivity contribution in [2.45, 2.75) is 25.3 Å². The first-order chi connectivity index (χ1) is 9.22. The van der Waals surface area contributed by atoms with E-state index < -0.39 is 0 Å². The molecule has 0 bridgehead atoms. The number of likely N-dealkylation sites (tertiary alicyclic amines) is 1. The lowest BCUT2D eigenvalue weighted by Gasteiger charge is -2.30. The van der Waals surface area contributed by atoms with E-state index in [0.717, 1.165) is 52.1 Å². The average molecular weight is 270 g/mol. The third kappa shape index (κ3) is 3.91. The van der Waals surface area contributed by atoms with Crippen LogP contribution in [0.25, 0.3) is 0 Å². The maximum Gasteiger partial charge on any atom is 0.228 e. The second-order valence-electron chi connectivity index (χ2n) is 5.64. The lowest BCUT2D eigenvalue weighted by molar-refractivity contribution is -0.136. The number of methoxy groups -OCH3 is 1. The number of carbonyl (C=O) groups excluding carboxylic acids is 1. The zero-order valence-electron chi connectivity index (χ0n) is 12.1. The first-order valence-corrected chi connectivity index (χ1v) is 7.28. The molecule has 0 spiro atoms. The molecule has 110 valence electrons. The Balaban J connectivity index is 1.83. The van der Waals surface area contributed by atoms with Crippen LogP contribution in [0.2, 0.25) is 0 Å². The van der Waals surface area contributed by atoms with E-state index in [0.29, 0.717) is 18.6 Å². The molecule has 0 unspecified atom stereocenters. The molecule has 0 N–H and O–H groups in total. The monoisotopic (exact) mass is 270 g/mol. The van der Waals surface area contributed by atoms with Gasteiger partial charge in [-0.1, -0.05) is 0 Å². The summed E-state index contributed by atoms with van der Waals surface area (Å²) in [5, 5.41) is 0. The summed E-state index contributed by atoms with van der Waals surface area (Å²) in [6, 6.07) is 0.370. The molecule has 0 aromatic heterocycles. The number of ether oxygens (including phenoxy) is 2. The molecule has 2 aliphatic rings. The van der Waals surface area contributed by atoms with Crippen LogP contribution in [-0.2, 0) is 14.3 Å². The number of hydrogen-bond donors (Lipinski definition) is 0. The van der Waals surface area contributed by atoms with Crippen LogP contribution >= 0.6 is 0 Å². The molecule has 0 aliphatic carbocycles. The van der Waals surface area contributed by atoms with Gasteiger partial charge in [-0.25, -0.2) is 0 Å². The van der Waals surface area contributed by atoms with E-state index >= 15 is 0 Å². The Morgan fingerprint density at radius 2 is 2.32 bits per heavy atom. The normalized spacial score (nSPS) is 27.4. The molecule has 2 fully saturated rings. The zero-order chi connectivity index (χ0) is 13.7. The topological polar surface area (TPSA) is 42.0 Å². The van der Waals surface area contributed by atoms with Crippen molar-refractivity contribution in [1.29, 1.82) is 0 Å². The minimum absolute atomic E-state index is 0.102. The summed E-state index contributed by atoms with van der Waals surface area (Å²) >= 11 is 0. The fraction of sp³-hybridized carbons (Fsp3) is 0.929. The van der Waals surface area contributed by atoms with Crippen LogP contribution in [0.15, 0.2) is 0 Å². The smallest absolute Gasteiger partial charge is 0.228 e. The summed E-state index contributed by atoms with van der Waals surface area (Å²) in [4.78, 5) is 16.8. The molecule has 0 aromatic rings. The Morgan fingerprint density at radius 3 is 3.00 bits per heavy atom. The van der Waals surface area contributed by atoms with E-state index in [-0.39, 0.29) is 5.92 Å². The summed E-state index contributed by atoms with van der Waals surface area (Å²) in [6.45, 7) is 4.88. The molecular formula is C14H26N2O3. The Kier molecular flexibility index (Phi) is 5.60. The minimum Gasteiger partial charge on any atom is -0.383 e. The molecule has 0 saturated carbocycles. The second kappa shape index (κ2) is 7.22. The number of rotatable bonds is 6. The Labute approximate surface area is 115 Å². The summed E-state index contributed by atoms with van der Waals surface area (Å²) < 4.78 is 10.4. The molecule has 2 heterocycles. The van der Waals surface area contributed by atoms with E-state index in [2.05, 4.69) is 16.8 Å². The number of carbonyl (C=O) groups is 1. The average Bonchev–Trinajstić information content (AvgIpc) is 3.06. The van der Waals surface area contributed by atoms with E-state index in [4.69, 9.17) is 9.47 Å². The maximum absolute atomic E-state index is 12.5. The molecule has 5 nitrogen and oxygen atoms in total. The highest BCUT2D eigenvalue weighted by atomic mass is 16.5. The lowest BCUT2D eigenvalue weighted by Crippen LogP contribution is -2.45. The van der Waals surface area contributed by atoms with Gasteiger partial charge in [0.05, 0.1) is 19.1 Å². The number of hydrogen-bond acceptors (Lipinski definition) is 4. The Hall–Kier alpha value is -0.650. The van der Waals surface area contributed by atoms with Gasteiger partial charge in [0.15, 0.2) is 0 Å². The van der Waals surface area contributed by atoms with Crippen LogP contribution in [0.4, 0.5) is 0 Å². The zero-order valence-corrected chi connectivity index (χ0v) is 12.1. The van der Waals surface area contributed by atoms with Gasteiger partial charge in [0, 0.05) is 39.4 Å². The van der Waals surface area contributed by atoms with Crippen molar-refractivity contribution in [3.05, 3.63) is 0 Å². The SMILES string of the molecule is COCCN(C)C[C@H]1CCCN1C(=O)[C@@H]1CCOC1. The van der Waals surface area contributed by atoms with Gasteiger partial charge in [-0.05, 0) is 26.3 Å². The van der Waals surface area contributed by atoms with Crippen molar-refractivity contribution in [2.24, 2.45) is 5.92 Å². The number of nitrogens with zero attached hydrogens (tertiary/aromatic N) is 2. The van der Waals surface area contributed by atoms with Crippen LogP contribution in [0.3, 0.4) is 0 Å². The predicted molar refractivity (Wildman–Crippen MR) is 73.0 cm³/mol. The van der Waals surface area contributed by atoms with Crippen molar-refractivity contribution in [1.82, 2.24) is 9.80 Å². The van der Waals surface area contributed by atoms with E-state index in [1.165, 1.54) is 0 Å². The van der Waals surface area contributed by atoms with Gasteiger partial charge >= 0.3 is 0 Å². The van der Waals surface area contributed by atoms with Gasteiger partial charge in [0.2, 0.25) is 5.91 Å². The van der Waals surface area contributed by atoms with Gasteiger partial charge in [-0.15, -0.1) is 0 Å². The van der Waals surface area contributed by atoms with Crippen LogP contribution < -0.4 is 0 Å². The van der Waals surface area contributed by atoms with Crippen molar-refractivity contribution < 1.29 is 14.3 Å². The fourth-order valence-corrected chi connectivity index (χ4v) is 2.98. The third-order valence-corrected chi connectivity index (χ3v) is 4.14. The van der Waals surface area contributed by atoms with Gasteiger partial charge in [0.1, 0.15) is 0 Å². The largest absolute Gasteiger partial charge is 0.383 e. The van der Waals surface area contributed by atoms with Crippen molar-refractivity contribution in [2.75, 3.05) is 53.6 Å². The maximum atomic E-state index is 12.5. The summed E-state index contributed by atoms with van der Waals surface area (Å²) in [6.07, 6.45) is 3.14. The molecule has 19 heavy (non-hydrogen) atoms. The van der Waals surface area contributed by atoms with E-state index in [1.54, 1.807) is 7.11 Å². The highest BCUT2D eigenvalue weighted by Gasteiger charge is 2.34. The van der Waals surface area contributed by atoms with E-state index in [1.807, 2.05) is 0 Å². The first-order valence-electron chi connectivity index (χ1n) is 7.28. The van der Waals surface area contributed by atoms with E-state index in [9.17, 15) is 4.79 Å². The molecule has 2 atom stereocenters. The predicted octanol–water partition coefficient (Wildman–Crippen LogP) is 0.592. The fourth-order valence-electron chi connectivity index (χ4n) is 2.98. The van der Waals surface area contributed by atoms with Crippen molar-refractivity contribution in [3.8, 4) is 0 Å². The number of amides is 1. The molecule has 0 aromatic carbocycles. The first kappa shape index (κ1) is 14.8. The standard InChI is InChI=1S/C14H26N2O3/c1-15(7-9-18-2)10-13-4-3-6-16(13)14(17)12-5-8-19-11-12/h12-13H,3-11H2,1-2H3/t12-,13-/m1/s1. The van der Waals surface area contributed by atoms with Crippen LogP contribution in [0.5, 0.6) is 0 Å². The second-order valence-corrected chi connectivity index (χ2v) is 5.64. The molecule has 0 radical (unpaired) electrons. The summed E-state index contributed by atoms with van der Waals surface area (Å²) in [5.41, 5.74) is 0. The van der Waals surface area contributed by atoms with Gasteiger partial charge in [-0.2, -0.15) is 0 Å². The van der Waals surface area contributed by atoms with Gasteiger partial charge < -0.3 is 19.3 Å². The van der Waals surface area contributed by atoms with Crippen LogP contribution in [-0.4, -0.2) is 75.4 Å². The van der Waals surface area contributed by atoms with Crippen LogP contribution in [0, 0.1) is 5.92 Å². The highest BCUT2D eigenvalue weighted by molar-refractivity contribution is 5.79. The van der Waals surface area contributed by atoms with Crippen LogP contribution in [0.1, 0.15) is 19.3 Å². The summed E-state index contributed by atoms with van der Waals surface area (Å²) in [7, 11) is 3.82. The molecular weight excluding hydrogens is 244 g/mol. The molecule has 1 amide bonds. The van der Waals surface area contributed by atoms with Crippen molar-refractivity contribution >= 4 is 5.91 Å². The minimum atomic E-state index is 0.102. The Bertz CT molecular complexity index is 292. The van der Waals surface area contributed by atoms with Gasteiger partial charge in [0.25, 0.3) is 0 Å². The molecule has 2 saturated heterocycles. The lowest BCUT2D eigenvalue weighted by atomic mass is 10.1. The number of likely N-dealkylation sites (N-methyl/N-ethyl adjacent to an activating group) is 1. The van der Waals surface area contributed by atoms with Gasteiger partial charge in [-0.3, -0.25) is 4.79 Å². The highest BCUT2D eigenvalue weighted by Crippen LogP contribution is 2.23. The summed E-state index contributed by atoms with van der Waals surface area (Å²) in [5.74, 6) is 0.407. The third-order valence-electron chi connectivity index (χ3n) is 4.14.